The zero-order valence-corrected chi connectivity index (χ0v) is 15.4. The average Bonchev–Trinajstić information content (AvgIpc) is 2.97. The van der Waals surface area contributed by atoms with Gasteiger partial charge in [-0.3, -0.25) is 9.78 Å². The summed E-state index contributed by atoms with van der Waals surface area (Å²) in [6.45, 7) is 2.12. The van der Waals surface area contributed by atoms with Gasteiger partial charge in [0.2, 0.25) is 5.88 Å². The molecule has 1 aromatic heterocycles. The molecule has 1 aliphatic heterocycles. The molecule has 0 saturated heterocycles. The molecule has 2 aromatic carbocycles. The Labute approximate surface area is 156 Å². The maximum Gasteiger partial charge on any atom is 0.307 e. The molecular weight excluding hydrogens is 344 g/mol. The van der Waals surface area contributed by atoms with Gasteiger partial charge in [0.15, 0.2) is 0 Å². The Balaban J connectivity index is 1.50. The van der Waals surface area contributed by atoms with Crippen molar-refractivity contribution in [3.05, 3.63) is 79.8 Å². The summed E-state index contributed by atoms with van der Waals surface area (Å²) in [5.74, 6) is 0.00204. The number of H-pyrrole nitrogens is 1. The second kappa shape index (κ2) is 7.38. The van der Waals surface area contributed by atoms with Crippen LogP contribution in [0.5, 0.6) is 5.88 Å². The lowest BCUT2D eigenvalue weighted by molar-refractivity contribution is 0.451. The minimum atomic E-state index is -0.206. The van der Waals surface area contributed by atoms with E-state index in [1.165, 1.54) is 16.8 Å². The predicted octanol–water partition coefficient (Wildman–Crippen LogP) is 3.73. The highest BCUT2D eigenvalue weighted by Crippen LogP contribution is 2.30. The second-order valence-corrected chi connectivity index (χ2v) is 7.82. The van der Waals surface area contributed by atoms with E-state index in [0.29, 0.717) is 11.3 Å². The maximum absolute atomic E-state index is 11.4. The average molecular weight is 366 g/mol. The van der Waals surface area contributed by atoms with Gasteiger partial charge in [-0.1, -0.05) is 53.8 Å². The molecule has 0 amide bonds. The number of aromatic hydroxyl groups is 1. The van der Waals surface area contributed by atoms with Gasteiger partial charge < -0.3 is 10.0 Å². The van der Waals surface area contributed by atoms with Gasteiger partial charge in [0, 0.05) is 25.2 Å². The van der Waals surface area contributed by atoms with Gasteiger partial charge in [0.1, 0.15) is 0 Å². The number of benzene rings is 2. The minimum absolute atomic E-state index is 0.00204. The Bertz CT molecular complexity index is 946. The van der Waals surface area contributed by atoms with E-state index >= 15 is 0 Å². The first-order valence-corrected chi connectivity index (χ1v) is 9.82. The monoisotopic (exact) mass is 366 g/mol. The number of nitrogens with zero attached hydrogens (tertiary/aromatic N) is 1. The molecule has 1 aliphatic rings. The molecule has 0 atom stereocenters. The molecule has 0 saturated carbocycles. The Hall–Kier alpha value is -2.53. The Morgan fingerprint density at radius 3 is 2.73 bits per heavy atom. The molecule has 4 nitrogen and oxygen atoms in total. The SMILES string of the molecule is O=c1[nH]c(O)c(Cc2ccc3c(c2)CCCN3CCc2ccccc2)s1. The van der Waals surface area contributed by atoms with Crippen molar-refractivity contribution in [2.24, 2.45) is 0 Å². The maximum atomic E-state index is 11.4. The number of aromatic nitrogens is 1. The van der Waals surface area contributed by atoms with Gasteiger partial charge >= 0.3 is 4.87 Å². The molecule has 5 heteroatoms. The highest BCUT2D eigenvalue weighted by molar-refractivity contribution is 7.09. The van der Waals surface area contributed by atoms with Crippen molar-refractivity contribution in [1.82, 2.24) is 4.98 Å². The minimum Gasteiger partial charge on any atom is -0.494 e. The molecule has 0 spiro atoms. The zero-order valence-electron chi connectivity index (χ0n) is 14.6. The zero-order chi connectivity index (χ0) is 17.9. The summed E-state index contributed by atoms with van der Waals surface area (Å²) in [5, 5.41) is 9.80. The van der Waals surface area contributed by atoms with E-state index in [2.05, 4.69) is 58.4 Å². The van der Waals surface area contributed by atoms with Gasteiger partial charge in [-0.25, -0.2) is 0 Å². The van der Waals surface area contributed by atoms with Crippen molar-refractivity contribution in [3.63, 3.8) is 0 Å². The third-order valence-electron chi connectivity index (χ3n) is 4.94. The Morgan fingerprint density at radius 2 is 1.96 bits per heavy atom. The van der Waals surface area contributed by atoms with E-state index in [1.807, 2.05) is 0 Å². The summed E-state index contributed by atoms with van der Waals surface area (Å²) in [6.07, 6.45) is 3.88. The third-order valence-corrected chi connectivity index (χ3v) is 5.81. The quantitative estimate of drug-likeness (QED) is 0.723. The fraction of sp³-hybridized carbons (Fsp3) is 0.286. The topological polar surface area (TPSA) is 56.3 Å². The van der Waals surface area contributed by atoms with E-state index < -0.39 is 0 Å². The van der Waals surface area contributed by atoms with Crippen LogP contribution in [0.25, 0.3) is 0 Å². The highest BCUT2D eigenvalue weighted by Gasteiger charge is 2.17. The first kappa shape index (κ1) is 16.9. The van der Waals surface area contributed by atoms with Crippen LogP contribution in [-0.4, -0.2) is 23.2 Å². The van der Waals surface area contributed by atoms with Crippen LogP contribution in [0.1, 0.15) is 28.0 Å². The van der Waals surface area contributed by atoms with Crippen molar-refractivity contribution in [3.8, 4) is 5.88 Å². The summed E-state index contributed by atoms with van der Waals surface area (Å²) >= 11 is 1.08. The van der Waals surface area contributed by atoms with Gasteiger partial charge in [-0.2, -0.15) is 0 Å². The summed E-state index contributed by atoms with van der Waals surface area (Å²) in [6, 6.07) is 17.1. The Kier molecular flexibility index (Phi) is 4.80. The molecule has 2 N–H and O–H groups in total. The number of nitrogens with one attached hydrogen (secondary N) is 1. The number of hydrogen-bond acceptors (Lipinski definition) is 4. The van der Waals surface area contributed by atoms with Crippen LogP contribution in [0.2, 0.25) is 0 Å². The number of anilines is 1. The number of fused-ring (bicyclic) bond motifs is 1. The van der Waals surface area contributed by atoms with Crippen molar-refractivity contribution < 1.29 is 5.11 Å². The number of thiazole rings is 1. The number of hydrogen-bond donors (Lipinski definition) is 2. The van der Waals surface area contributed by atoms with Crippen LogP contribution in [0.4, 0.5) is 5.69 Å². The van der Waals surface area contributed by atoms with Crippen LogP contribution in [-0.2, 0) is 19.3 Å². The molecule has 26 heavy (non-hydrogen) atoms. The van der Waals surface area contributed by atoms with Gasteiger partial charge in [0.05, 0.1) is 4.88 Å². The molecule has 0 bridgehead atoms. The fourth-order valence-corrected chi connectivity index (χ4v) is 4.39. The van der Waals surface area contributed by atoms with E-state index in [9.17, 15) is 9.90 Å². The van der Waals surface area contributed by atoms with Crippen molar-refractivity contribution in [2.45, 2.75) is 25.7 Å². The van der Waals surface area contributed by atoms with E-state index in [1.54, 1.807) is 0 Å². The molecule has 0 fully saturated rings. The van der Waals surface area contributed by atoms with Crippen LogP contribution < -0.4 is 9.77 Å². The molecule has 3 aromatic rings. The molecule has 0 unspecified atom stereocenters. The summed E-state index contributed by atoms with van der Waals surface area (Å²) in [4.78, 5) is 16.8. The largest absolute Gasteiger partial charge is 0.494 e. The lowest BCUT2D eigenvalue weighted by Gasteiger charge is -2.31. The lowest BCUT2D eigenvalue weighted by atomic mass is 9.97. The van der Waals surface area contributed by atoms with E-state index in [0.717, 1.165) is 49.3 Å². The number of rotatable bonds is 5. The van der Waals surface area contributed by atoms with Gasteiger partial charge in [-0.15, -0.1) is 0 Å². The first-order chi connectivity index (χ1) is 12.7. The third kappa shape index (κ3) is 3.68. The molecule has 0 radical (unpaired) electrons. The van der Waals surface area contributed by atoms with Crippen molar-refractivity contribution in [2.75, 3.05) is 18.0 Å². The second-order valence-electron chi connectivity index (χ2n) is 6.75. The summed E-state index contributed by atoms with van der Waals surface area (Å²) in [7, 11) is 0. The number of aromatic amines is 1. The van der Waals surface area contributed by atoms with Crippen LogP contribution >= 0.6 is 11.3 Å². The predicted molar refractivity (Wildman–Crippen MR) is 107 cm³/mol. The standard InChI is InChI=1S/C21H22N2O2S/c24-20-19(26-21(25)22-20)14-16-8-9-18-17(13-16)7-4-11-23(18)12-10-15-5-2-1-3-6-15/h1-3,5-6,8-9,13,24H,4,7,10-12,14H2,(H,22,25). The fourth-order valence-electron chi connectivity index (χ4n) is 3.64. The lowest BCUT2D eigenvalue weighted by Crippen LogP contribution is -2.31. The molecule has 4 rings (SSSR count). The van der Waals surface area contributed by atoms with Gasteiger partial charge in [-0.05, 0) is 42.0 Å². The number of aryl methyl sites for hydroxylation is 1. The normalized spacial score (nSPS) is 13.6. The van der Waals surface area contributed by atoms with Crippen molar-refractivity contribution in [1.29, 1.82) is 0 Å². The van der Waals surface area contributed by atoms with Crippen LogP contribution in [0.3, 0.4) is 0 Å². The Morgan fingerprint density at radius 1 is 1.12 bits per heavy atom. The first-order valence-electron chi connectivity index (χ1n) is 9.00. The van der Waals surface area contributed by atoms with Crippen molar-refractivity contribution >= 4 is 17.0 Å². The highest BCUT2D eigenvalue weighted by atomic mass is 32.1. The molecular formula is C21H22N2O2S. The van der Waals surface area contributed by atoms with Gasteiger partial charge in [0.25, 0.3) is 0 Å². The molecule has 2 heterocycles. The smallest absolute Gasteiger partial charge is 0.307 e. The van der Waals surface area contributed by atoms with Crippen LogP contribution in [0.15, 0.2) is 53.3 Å². The van der Waals surface area contributed by atoms with Crippen LogP contribution in [0, 0.1) is 0 Å². The summed E-state index contributed by atoms with van der Waals surface area (Å²) < 4.78 is 0. The molecule has 0 aliphatic carbocycles. The summed E-state index contributed by atoms with van der Waals surface area (Å²) in [5.41, 5.74) is 5.19. The van der Waals surface area contributed by atoms with E-state index in [4.69, 9.17) is 0 Å². The molecule has 134 valence electrons. The van der Waals surface area contributed by atoms with E-state index in [-0.39, 0.29) is 10.8 Å².